The molecule has 2 heterocycles. The minimum atomic E-state index is -0.797. The molecule has 1 aromatic heterocycles. The molecule has 170 valence electrons. The van der Waals surface area contributed by atoms with Gasteiger partial charge in [-0.05, 0) is 74.4 Å². The monoisotopic (exact) mass is 470 g/mol. The lowest BCUT2D eigenvalue weighted by Gasteiger charge is -2.26. The zero-order valence-corrected chi connectivity index (χ0v) is 19.8. The molecule has 2 N–H and O–H groups in total. The molecule has 0 radical (unpaired) electrons. The number of hydrogen-bond acceptors (Lipinski definition) is 3. The van der Waals surface area contributed by atoms with Gasteiger partial charge >= 0.3 is 0 Å². The molecule has 0 bridgehead atoms. The number of aliphatic hydroxyl groups is 1. The van der Waals surface area contributed by atoms with Crippen molar-refractivity contribution in [1.82, 2.24) is 4.98 Å². The van der Waals surface area contributed by atoms with Gasteiger partial charge in [0.25, 0.3) is 11.7 Å². The molecule has 6 heteroatoms. The number of H-pyrrole nitrogens is 1. The number of para-hydroxylation sites is 1. The highest BCUT2D eigenvalue weighted by molar-refractivity contribution is 6.52. The molecule has 5 nitrogen and oxygen atoms in total. The van der Waals surface area contributed by atoms with E-state index in [1.54, 1.807) is 24.3 Å². The highest BCUT2D eigenvalue weighted by Gasteiger charge is 2.48. The molecule has 1 amide bonds. The van der Waals surface area contributed by atoms with Gasteiger partial charge in [-0.1, -0.05) is 35.9 Å². The molecule has 1 aliphatic rings. The lowest BCUT2D eigenvalue weighted by Crippen LogP contribution is -2.29. The SMILES string of the molecule is Cc1ccc(N2C(=O)C(=O)/C(=C(/O)c3ccc(Cl)cc3)C2c2c(C)[nH]c3ccccc23)cc1C. The molecule has 4 aromatic rings. The lowest BCUT2D eigenvalue weighted by atomic mass is 9.93. The first-order chi connectivity index (χ1) is 16.3. The molecule has 0 aliphatic carbocycles. The van der Waals surface area contributed by atoms with Gasteiger partial charge in [0.15, 0.2) is 0 Å². The van der Waals surface area contributed by atoms with E-state index in [1.807, 2.05) is 63.2 Å². The maximum atomic E-state index is 13.5. The van der Waals surface area contributed by atoms with Crippen molar-refractivity contribution in [2.75, 3.05) is 4.90 Å². The van der Waals surface area contributed by atoms with E-state index < -0.39 is 17.7 Å². The predicted molar refractivity (Wildman–Crippen MR) is 135 cm³/mol. The largest absolute Gasteiger partial charge is 0.507 e. The second-order valence-electron chi connectivity index (χ2n) is 8.65. The van der Waals surface area contributed by atoms with Crippen LogP contribution in [0.3, 0.4) is 0 Å². The van der Waals surface area contributed by atoms with Crippen molar-refractivity contribution in [2.45, 2.75) is 26.8 Å². The number of hydrogen-bond donors (Lipinski definition) is 2. The number of carbonyl (C=O) groups excluding carboxylic acids is 2. The third kappa shape index (κ3) is 3.40. The number of Topliss-reactive ketones (excluding diaryl/α,β-unsaturated/α-hetero) is 1. The fraction of sp³-hybridized carbons (Fsp3) is 0.143. The summed E-state index contributed by atoms with van der Waals surface area (Å²) < 4.78 is 0. The first-order valence-electron chi connectivity index (χ1n) is 11.0. The maximum absolute atomic E-state index is 13.5. The maximum Gasteiger partial charge on any atom is 0.300 e. The fourth-order valence-electron chi connectivity index (χ4n) is 4.66. The molecule has 1 fully saturated rings. The Kier molecular flexibility index (Phi) is 5.29. The molecule has 5 rings (SSSR count). The van der Waals surface area contributed by atoms with Crippen LogP contribution in [-0.4, -0.2) is 21.8 Å². The molecule has 34 heavy (non-hydrogen) atoms. The minimum absolute atomic E-state index is 0.0541. The number of aromatic amines is 1. The first kappa shape index (κ1) is 22.0. The molecule has 0 saturated carbocycles. The van der Waals surface area contributed by atoms with Crippen LogP contribution in [0.5, 0.6) is 0 Å². The smallest absolute Gasteiger partial charge is 0.300 e. The number of nitrogens with zero attached hydrogens (tertiary/aromatic N) is 1. The second kappa shape index (κ2) is 8.19. The number of anilines is 1. The number of nitrogens with one attached hydrogen (secondary N) is 1. The zero-order chi connectivity index (χ0) is 24.1. The third-order valence-electron chi connectivity index (χ3n) is 6.55. The number of benzene rings is 3. The summed E-state index contributed by atoms with van der Waals surface area (Å²) in [6, 6.07) is 19.2. The van der Waals surface area contributed by atoms with Gasteiger partial charge < -0.3 is 10.1 Å². The summed E-state index contributed by atoms with van der Waals surface area (Å²) in [5, 5.41) is 12.7. The van der Waals surface area contributed by atoms with Gasteiger partial charge in [0.2, 0.25) is 0 Å². The van der Waals surface area contributed by atoms with Crippen LogP contribution in [0.1, 0.15) is 34.0 Å². The molecule has 1 saturated heterocycles. The molecule has 1 aliphatic heterocycles. The van der Waals surface area contributed by atoms with Crippen LogP contribution in [0.25, 0.3) is 16.7 Å². The van der Waals surface area contributed by atoms with Crippen LogP contribution < -0.4 is 4.90 Å². The van der Waals surface area contributed by atoms with Gasteiger partial charge in [0, 0.05) is 38.4 Å². The third-order valence-corrected chi connectivity index (χ3v) is 6.80. The number of rotatable bonds is 3. The molecule has 0 spiro atoms. The standard InChI is InChI=1S/C28H23ClN2O3/c1-15-8-13-20(14-16(15)2)31-25(23-17(3)30-22-7-5-4-6-21(22)23)24(27(33)28(31)34)26(32)18-9-11-19(29)12-10-18/h4-14,25,30,32H,1-3H3/b26-24+. The molecule has 3 aromatic carbocycles. The van der Waals surface area contributed by atoms with Gasteiger partial charge in [-0.2, -0.15) is 0 Å². The van der Waals surface area contributed by atoms with Crippen molar-refractivity contribution < 1.29 is 14.7 Å². The summed E-state index contributed by atoms with van der Waals surface area (Å²) in [7, 11) is 0. The van der Waals surface area contributed by atoms with Gasteiger partial charge in [-0.15, -0.1) is 0 Å². The normalized spacial score (nSPS) is 17.6. The van der Waals surface area contributed by atoms with Crippen LogP contribution in [0, 0.1) is 20.8 Å². The van der Waals surface area contributed by atoms with Crippen LogP contribution >= 0.6 is 11.6 Å². The number of aryl methyl sites for hydroxylation is 3. The van der Waals surface area contributed by atoms with Crippen LogP contribution in [0.4, 0.5) is 5.69 Å². The van der Waals surface area contributed by atoms with Gasteiger partial charge in [-0.25, -0.2) is 0 Å². The topological polar surface area (TPSA) is 73.4 Å². The quantitative estimate of drug-likeness (QED) is 0.207. The minimum Gasteiger partial charge on any atom is -0.507 e. The Morgan fingerprint density at radius 3 is 2.35 bits per heavy atom. The lowest BCUT2D eigenvalue weighted by molar-refractivity contribution is -0.132. The molecule has 1 unspecified atom stereocenters. The van der Waals surface area contributed by atoms with Crippen LogP contribution in [0.15, 0.2) is 72.3 Å². The Balaban J connectivity index is 1.82. The first-order valence-corrected chi connectivity index (χ1v) is 11.4. The van der Waals surface area contributed by atoms with Gasteiger partial charge in [0.1, 0.15) is 5.76 Å². The number of ketones is 1. The summed E-state index contributed by atoms with van der Waals surface area (Å²) in [6.07, 6.45) is 0. The average molecular weight is 471 g/mol. The predicted octanol–water partition coefficient (Wildman–Crippen LogP) is 6.37. The average Bonchev–Trinajstić information content (AvgIpc) is 3.28. The Morgan fingerprint density at radius 2 is 1.65 bits per heavy atom. The van der Waals surface area contributed by atoms with Crippen LogP contribution in [-0.2, 0) is 9.59 Å². The van der Waals surface area contributed by atoms with Gasteiger partial charge in [-0.3, -0.25) is 14.5 Å². The Hall–Kier alpha value is -3.83. The van der Waals surface area contributed by atoms with E-state index in [-0.39, 0.29) is 11.3 Å². The van der Waals surface area contributed by atoms with Crippen molar-refractivity contribution in [3.63, 3.8) is 0 Å². The van der Waals surface area contributed by atoms with Gasteiger partial charge in [0.05, 0.1) is 11.6 Å². The van der Waals surface area contributed by atoms with Crippen molar-refractivity contribution in [2.24, 2.45) is 0 Å². The number of amides is 1. The summed E-state index contributed by atoms with van der Waals surface area (Å²) in [5.74, 6) is -1.62. The molecular weight excluding hydrogens is 448 g/mol. The van der Waals surface area contributed by atoms with E-state index in [1.165, 1.54) is 4.90 Å². The highest BCUT2D eigenvalue weighted by atomic mass is 35.5. The number of halogens is 1. The molecule has 1 atom stereocenters. The number of aliphatic hydroxyl groups excluding tert-OH is 1. The van der Waals surface area contributed by atoms with E-state index in [9.17, 15) is 14.7 Å². The van der Waals surface area contributed by atoms with E-state index in [0.29, 0.717) is 16.3 Å². The highest BCUT2D eigenvalue weighted by Crippen LogP contribution is 2.45. The summed E-state index contributed by atoms with van der Waals surface area (Å²) in [6.45, 7) is 5.88. The van der Waals surface area contributed by atoms with Crippen molar-refractivity contribution in [3.8, 4) is 0 Å². The van der Waals surface area contributed by atoms with E-state index in [4.69, 9.17) is 11.6 Å². The van der Waals surface area contributed by atoms with Crippen LogP contribution in [0.2, 0.25) is 5.02 Å². The number of aromatic nitrogens is 1. The Labute approximate surface area is 202 Å². The number of carbonyl (C=O) groups is 2. The molecular formula is C28H23ClN2O3. The van der Waals surface area contributed by atoms with E-state index in [2.05, 4.69) is 4.98 Å². The second-order valence-corrected chi connectivity index (χ2v) is 9.09. The number of fused-ring (bicyclic) bond motifs is 1. The summed E-state index contributed by atoms with van der Waals surface area (Å²) >= 11 is 6.02. The van der Waals surface area contributed by atoms with E-state index >= 15 is 0 Å². The van der Waals surface area contributed by atoms with Crippen molar-refractivity contribution >= 4 is 45.6 Å². The Morgan fingerprint density at radius 1 is 0.941 bits per heavy atom. The summed E-state index contributed by atoms with van der Waals surface area (Å²) in [5.41, 5.74) is 5.67. The van der Waals surface area contributed by atoms with Crippen molar-refractivity contribution in [1.29, 1.82) is 0 Å². The summed E-state index contributed by atoms with van der Waals surface area (Å²) in [4.78, 5) is 31.7. The van der Waals surface area contributed by atoms with E-state index in [0.717, 1.165) is 33.3 Å². The Bertz CT molecular complexity index is 1500. The fourth-order valence-corrected chi connectivity index (χ4v) is 4.79. The van der Waals surface area contributed by atoms with Crippen molar-refractivity contribution in [3.05, 3.63) is 105 Å². The zero-order valence-electron chi connectivity index (χ0n) is 19.0.